The maximum atomic E-state index is 5.56. The molecule has 0 aromatic carbocycles. The fraction of sp³-hybridized carbons (Fsp3) is 0.579. The van der Waals surface area contributed by atoms with Gasteiger partial charge in [0.2, 0.25) is 0 Å². The molecular weight excluding hydrogens is 300 g/mol. The van der Waals surface area contributed by atoms with Crippen LogP contribution in [0.2, 0.25) is 0 Å². The molecule has 0 radical (unpaired) electrons. The highest BCUT2D eigenvalue weighted by atomic mass is 16.5. The highest BCUT2D eigenvalue weighted by Crippen LogP contribution is 2.27. The van der Waals surface area contributed by atoms with E-state index in [0.717, 1.165) is 36.6 Å². The third-order valence-electron chi connectivity index (χ3n) is 5.13. The first-order valence-corrected chi connectivity index (χ1v) is 8.88. The number of methoxy groups -OCH3 is 1. The molecule has 2 aromatic heterocycles. The zero-order chi connectivity index (χ0) is 16.9. The quantitative estimate of drug-likeness (QED) is 0.815. The van der Waals surface area contributed by atoms with Crippen LogP contribution in [-0.2, 0) is 13.1 Å². The third-order valence-corrected chi connectivity index (χ3v) is 5.13. The van der Waals surface area contributed by atoms with Crippen molar-refractivity contribution in [2.45, 2.75) is 58.7 Å². The smallest absolute Gasteiger partial charge is 0.128 e. The molecule has 5 heteroatoms. The largest absolute Gasteiger partial charge is 0.496 e. The van der Waals surface area contributed by atoms with Crippen LogP contribution in [0.5, 0.6) is 5.75 Å². The van der Waals surface area contributed by atoms with Crippen LogP contribution in [0.15, 0.2) is 24.9 Å². The third kappa shape index (κ3) is 3.78. The van der Waals surface area contributed by atoms with E-state index in [2.05, 4.69) is 33.3 Å². The van der Waals surface area contributed by atoms with E-state index in [1.54, 1.807) is 7.11 Å². The van der Waals surface area contributed by atoms with Gasteiger partial charge in [0.15, 0.2) is 0 Å². The van der Waals surface area contributed by atoms with Crippen LogP contribution in [0, 0.1) is 13.8 Å². The molecule has 0 bridgehead atoms. The molecule has 0 unspecified atom stereocenters. The van der Waals surface area contributed by atoms with Gasteiger partial charge in [-0.3, -0.25) is 9.88 Å². The number of ether oxygens (including phenoxy) is 1. The van der Waals surface area contributed by atoms with Gasteiger partial charge >= 0.3 is 0 Å². The Morgan fingerprint density at radius 1 is 1.29 bits per heavy atom. The minimum atomic E-state index is 0.620. The summed E-state index contributed by atoms with van der Waals surface area (Å²) in [4.78, 5) is 11.4. The van der Waals surface area contributed by atoms with Crippen LogP contribution in [0.4, 0.5) is 0 Å². The highest BCUT2D eigenvalue weighted by Gasteiger charge is 2.24. The predicted molar refractivity (Wildman–Crippen MR) is 95.2 cm³/mol. The SMILES string of the molecule is COc1c(C)cnc(CN2CCCC[C@@H]2CCn2ccnc2)c1C. The number of aryl methyl sites for hydroxylation is 2. The minimum Gasteiger partial charge on any atom is -0.496 e. The number of aromatic nitrogens is 3. The summed E-state index contributed by atoms with van der Waals surface area (Å²) in [5.74, 6) is 0.979. The number of pyridine rings is 1. The molecule has 0 saturated carbocycles. The van der Waals surface area contributed by atoms with Crippen LogP contribution in [0.25, 0.3) is 0 Å². The molecule has 1 aliphatic rings. The Kier molecular flexibility index (Phi) is 5.51. The van der Waals surface area contributed by atoms with Crippen molar-refractivity contribution in [2.75, 3.05) is 13.7 Å². The molecule has 3 heterocycles. The van der Waals surface area contributed by atoms with Gasteiger partial charge in [-0.2, -0.15) is 0 Å². The van der Waals surface area contributed by atoms with Crippen LogP contribution < -0.4 is 4.74 Å². The summed E-state index contributed by atoms with van der Waals surface area (Å²) < 4.78 is 7.73. The fourth-order valence-corrected chi connectivity index (χ4v) is 3.74. The van der Waals surface area contributed by atoms with Crippen LogP contribution in [0.1, 0.15) is 42.5 Å². The summed E-state index contributed by atoms with van der Waals surface area (Å²) >= 11 is 0. The second-order valence-corrected chi connectivity index (χ2v) is 6.76. The number of piperidine rings is 1. The lowest BCUT2D eigenvalue weighted by atomic mass is 9.98. The molecule has 0 spiro atoms. The van der Waals surface area contributed by atoms with Crippen molar-refractivity contribution < 1.29 is 4.74 Å². The number of hydrogen-bond donors (Lipinski definition) is 0. The first kappa shape index (κ1) is 17.0. The molecule has 1 fully saturated rings. The van der Waals surface area contributed by atoms with Gasteiger partial charge in [0.05, 0.1) is 19.1 Å². The minimum absolute atomic E-state index is 0.620. The van der Waals surface area contributed by atoms with E-state index in [-0.39, 0.29) is 0 Å². The Hall–Kier alpha value is -1.88. The standard InChI is InChI=1S/C19H28N4O/c1-15-12-21-18(16(2)19(15)24-3)13-23-9-5-4-6-17(23)7-10-22-11-8-20-14-22/h8,11-12,14,17H,4-7,9-10,13H2,1-3H3/t17-/m1/s1. The van der Waals surface area contributed by atoms with Gasteiger partial charge in [-0.25, -0.2) is 4.98 Å². The van der Waals surface area contributed by atoms with Gasteiger partial charge in [-0.15, -0.1) is 0 Å². The second kappa shape index (κ2) is 7.79. The molecule has 0 N–H and O–H groups in total. The lowest BCUT2D eigenvalue weighted by Crippen LogP contribution is -2.39. The van der Waals surface area contributed by atoms with Crippen molar-refractivity contribution in [3.63, 3.8) is 0 Å². The topological polar surface area (TPSA) is 43.2 Å². The second-order valence-electron chi connectivity index (χ2n) is 6.76. The molecule has 1 atom stereocenters. The molecule has 3 rings (SSSR count). The van der Waals surface area contributed by atoms with Crippen molar-refractivity contribution in [3.8, 4) is 5.75 Å². The van der Waals surface area contributed by atoms with E-state index >= 15 is 0 Å². The Labute approximate surface area is 144 Å². The van der Waals surface area contributed by atoms with Gasteiger partial charge in [0, 0.05) is 48.8 Å². The van der Waals surface area contributed by atoms with Gasteiger partial charge in [-0.05, 0) is 39.7 Å². The zero-order valence-corrected chi connectivity index (χ0v) is 15.0. The van der Waals surface area contributed by atoms with E-state index in [0.29, 0.717) is 6.04 Å². The Bertz CT molecular complexity index is 654. The van der Waals surface area contributed by atoms with Crippen molar-refractivity contribution >= 4 is 0 Å². The van der Waals surface area contributed by atoms with Gasteiger partial charge in [0.1, 0.15) is 5.75 Å². The van der Waals surface area contributed by atoms with Crippen molar-refractivity contribution in [1.29, 1.82) is 0 Å². The Morgan fingerprint density at radius 3 is 2.92 bits per heavy atom. The van der Waals surface area contributed by atoms with Crippen LogP contribution in [-0.4, -0.2) is 39.1 Å². The molecule has 130 valence electrons. The van der Waals surface area contributed by atoms with Crippen molar-refractivity contribution in [1.82, 2.24) is 19.4 Å². The maximum Gasteiger partial charge on any atom is 0.128 e. The van der Waals surface area contributed by atoms with Gasteiger partial charge in [0.25, 0.3) is 0 Å². The normalized spacial score (nSPS) is 18.7. The van der Waals surface area contributed by atoms with Crippen molar-refractivity contribution in [3.05, 3.63) is 41.7 Å². The van der Waals surface area contributed by atoms with Crippen LogP contribution in [0.3, 0.4) is 0 Å². The van der Waals surface area contributed by atoms with E-state index < -0.39 is 0 Å². The average Bonchev–Trinajstić information content (AvgIpc) is 3.10. The van der Waals surface area contributed by atoms with Crippen LogP contribution >= 0.6 is 0 Å². The Morgan fingerprint density at radius 2 is 2.17 bits per heavy atom. The first-order chi connectivity index (χ1) is 11.7. The van der Waals surface area contributed by atoms with E-state index in [1.807, 2.05) is 24.9 Å². The number of hydrogen-bond acceptors (Lipinski definition) is 4. The summed E-state index contributed by atoms with van der Waals surface area (Å²) in [7, 11) is 1.74. The van der Waals surface area contributed by atoms with E-state index in [9.17, 15) is 0 Å². The number of likely N-dealkylation sites (tertiary alicyclic amines) is 1. The summed E-state index contributed by atoms with van der Waals surface area (Å²) in [5.41, 5.74) is 3.43. The summed E-state index contributed by atoms with van der Waals surface area (Å²) in [6.45, 7) is 7.28. The molecule has 0 aliphatic carbocycles. The molecule has 24 heavy (non-hydrogen) atoms. The fourth-order valence-electron chi connectivity index (χ4n) is 3.74. The number of imidazole rings is 1. The zero-order valence-electron chi connectivity index (χ0n) is 15.0. The first-order valence-electron chi connectivity index (χ1n) is 8.88. The van der Waals surface area contributed by atoms with Gasteiger partial charge in [-0.1, -0.05) is 6.42 Å². The lowest BCUT2D eigenvalue weighted by Gasteiger charge is -2.36. The molecular formula is C19H28N4O. The van der Waals surface area contributed by atoms with Gasteiger partial charge < -0.3 is 9.30 Å². The number of nitrogens with zero attached hydrogens (tertiary/aromatic N) is 4. The Balaban J connectivity index is 1.69. The molecule has 5 nitrogen and oxygen atoms in total. The molecule has 1 saturated heterocycles. The summed E-state index contributed by atoms with van der Waals surface area (Å²) in [6, 6.07) is 0.620. The molecule has 1 aliphatic heterocycles. The molecule has 2 aromatic rings. The average molecular weight is 328 g/mol. The summed E-state index contributed by atoms with van der Waals surface area (Å²) in [6.07, 6.45) is 12.8. The van der Waals surface area contributed by atoms with E-state index in [4.69, 9.17) is 4.74 Å². The lowest BCUT2D eigenvalue weighted by molar-refractivity contribution is 0.126. The predicted octanol–water partition coefficient (Wildman–Crippen LogP) is 3.35. The molecule has 0 amide bonds. The van der Waals surface area contributed by atoms with E-state index in [1.165, 1.54) is 31.2 Å². The maximum absolute atomic E-state index is 5.56. The number of rotatable bonds is 6. The monoisotopic (exact) mass is 328 g/mol. The summed E-state index contributed by atoms with van der Waals surface area (Å²) in [5, 5.41) is 0. The van der Waals surface area contributed by atoms with Crippen molar-refractivity contribution in [2.24, 2.45) is 0 Å². The highest BCUT2D eigenvalue weighted by molar-refractivity contribution is 5.41.